The average Bonchev–Trinajstić information content (AvgIpc) is 2.25. The first-order valence-electron chi connectivity index (χ1n) is 4.44. The molecule has 1 N–H and O–H groups in total. The van der Waals surface area contributed by atoms with Crippen LogP contribution >= 0.6 is 0 Å². The molecule has 0 amide bonds. The summed E-state index contributed by atoms with van der Waals surface area (Å²) in [7, 11) is 0. The van der Waals surface area contributed by atoms with Crippen molar-refractivity contribution in [3.8, 4) is 17.9 Å². The quantitative estimate of drug-likeness (QED) is 0.600. The van der Waals surface area contributed by atoms with E-state index in [0.717, 1.165) is 0 Å². The van der Waals surface area contributed by atoms with E-state index in [1.165, 1.54) is 25.1 Å². The van der Waals surface area contributed by atoms with E-state index >= 15 is 0 Å². The molecule has 16 heavy (non-hydrogen) atoms. The number of carbonyl (C=O) groups excluding carboxylic acids is 1. The van der Waals surface area contributed by atoms with E-state index in [1.54, 1.807) is 18.2 Å². The first-order chi connectivity index (χ1) is 7.58. The molecule has 0 fully saturated rings. The molecule has 0 saturated carbocycles. The van der Waals surface area contributed by atoms with Crippen molar-refractivity contribution in [3.63, 3.8) is 0 Å². The standard InChI is InChI=1S/C12H8N2O2/c1-8(15)11-3-2-9(5-12(11)16)4-10(6-13)7-14/h2-5,16H,1H3. The van der Waals surface area contributed by atoms with Crippen LogP contribution in [0.2, 0.25) is 0 Å². The van der Waals surface area contributed by atoms with Crippen LogP contribution in [0, 0.1) is 22.7 Å². The van der Waals surface area contributed by atoms with E-state index in [1.807, 2.05) is 0 Å². The Balaban J connectivity index is 3.19. The molecule has 0 unspecified atom stereocenters. The highest BCUT2D eigenvalue weighted by molar-refractivity contribution is 5.97. The van der Waals surface area contributed by atoms with Crippen LogP contribution in [-0.2, 0) is 0 Å². The minimum atomic E-state index is -0.242. The number of nitrogens with zero attached hydrogens (tertiary/aromatic N) is 2. The molecule has 0 aliphatic carbocycles. The van der Waals surface area contributed by atoms with Crippen molar-refractivity contribution in [1.29, 1.82) is 10.5 Å². The summed E-state index contributed by atoms with van der Waals surface area (Å²) in [4.78, 5) is 11.0. The molecular weight excluding hydrogens is 204 g/mol. The van der Waals surface area contributed by atoms with Crippen LogP contribution in [0.4, 0.5) is 0 Å². The maximum atomic E-state index is 11.0. The predicted octanol–water partition coefficient (Wildman–Crippen LogP) is 2.03. The first kappa shape index (κ1) is 11.5. The van der Waals surface area contributed by atoms with Crippen molar-refractivity contribution in [2.24, 2.45) is 0 Å². The molecule has 0 aromatic heterocycles. The average molecular weight is 212 g/mol. The van der Waals surface area contributed by atoms with Crippen LogP contribution < -0.4 is 0 Å². The Kier molecular flexibility index (Phi) is 3.42. The van der Waals surface area contributed by atoms with Gasteiger partial charge in [0.2, 0.25) is 0 Å². The summed E-state index contributed by atoms with van der Waals surface area (Å²) in [5.41, 5.74) is 0.656. The zero-order valence-corrected chi connectivity index (χ0v) is 8.56. The maximum Gasteiger partial charge on any atom is 0.163 e. The molecule has 4 nitrogen and oxygen atoms in total. The monoisotopic (exact) mass is 212 g/mol. The molecule has 4 heteroatoms. The molecule has 78 valence electrons. The fourth-order valence-electron chi connectivity index (χ4n) is 1.19. The lowest BCUT2D eigenvalue weighted by Crippen LogP contribution is -1.92. The summed E-state index contributed by atoms with van der Waals surface area (Å²) < 4.78 is 0. The van der Waals surface area contributed by atoms with Gasteiger partial charge in [0.25, 0.3) is 0 Å². The number of rotatable bonds is 2. The van der Waals surface area contributed by atoms with Gasteiger partial charge in [-0.15, -0.1) is 0 Å². The van der Waals surface area contributed by atoms with Crippen LogP contribution in [0.3, 0.4) is 0 Å². The lowest BCUT2D eigenvalue weighted by Gasteiger charge is -2.01. The number of hydrogen-bond donors (Lipinski definition) is 1. The summed E-state index contributed by atoms with van der Waals surface area (Å²) in [5, 5.41) is 26.6. The number of aromatic hydroxyl groups is 1. The van der Waals surface area contributed by atoms with Gasteiger partial charge in [-0.25, -0.2) is 0 Å². The normalized spacial score (nSPS) is 8.69. The molecule has 1 rings (SSSR count). The van der Waals surface area contributed by atoms with Gasteiger partial charge in [-0.3, -0.25) is 4.79 Å². The van der Waals surface area contributed by atoms with Crippen molar-refractivity contribution in [2.75, 3.05) is 0 Å². The summed E-state index contributed by atoms with van der Waals surface area (Å²) in [6.45, 7) is 1.35. The second-order valence-electron chi connectivity index (χ2n) is 3.11. The third kappa shape index (κ3) is 2.46. The van der Waals surface area contributed by atoms with Gasteiger partial charge in [0.1, 0.15) is 23.5 Å². The Hall–Kier alpha value is -2.59. The molecule has 0 radical (unpaired) electrons. The third-order valence-corrected chi connectivity index (χ3v) is 1.95. The molecule has 0 heterocycles. The number of hydrogen-bond acceptors (Lipinski definition) is 4. The van der Waals surface area contributed by atoms with Crippen LogP contribution in [0.5, 0.6) is 5.75 Å². The highest BCUT2D eigenvalue weighted by Crippen LogP contribution is 2.20. The molecule has 0 spiro atoms. The van der Waals surface area contributed by atoms with Gasteiger partial charge in [0.15, 0.2) is 5.78 Å². The van der Waals surface area contributed by atoms with Crippen LogP contribution in [0.15, 0.2) is 23.8 Å². The zero-order valence-electron chi connectivity index (χ0n) is 8.56. The fraction of sp³-hybridized carbons (Fsp3) is 0.0833. The smallest absolute Gasteiger partial charge is 0.163 e. The van der Waals surface area contributed by atoms with Gasteiger partial charge in [-0.05, 0) is 30.7 Å². The minimum absolute atomic E-state index is 0.0602. The molecule has 0 saturated heterocycles. The summed E-state index contributed by atoms with van der Waals surface area (Å²) in [6.07, 6.45) is 1.34. The molecule has 0 atom stereocenters. The molecule has 0 bridgehead atoms. The van der Waals surface area contributed by atoms with E-state index in [9.17, 15) is 9.90 Å². The number of ketones is 1. The topological polar surface area (TPSA) is 84.9 Å². The van der Waals surface area contributed by atoms with Crippen LogP contribution in [-0.4, -0.2) is 10.9 Å². The van der Waals surface area contributed by atoms with Crippen molar-refractivity contribution in [2.45, 2.75) is 6.92 Å². The van der Waals surface area contributed by atoms with Gasteiger partial charge in [-0.2, -0.15) is 10.5 Å². The molecule has 1 aromatic rings. The number of phenolic OH excluding ortho intramolecular Hbond substituents is 1. The molecular formula is C12H8N2O2. The Morgan fingerprint density at radius 2 is 2.00 bits per heavy atom. The number of phenols is 1. The van der Waals surface area contributed by atoms with E-state index in [2.05, 4.69) is 0 Å². The first-order valence-corrected chi connectivity index (χ1v) is 4.44. The van der Waals surface area contributed by atoms with Gasteiger partial charge in [0.05, 0.1) is 5.56 Å². The lowest BCUT2D eigenvalue weighted by molar-refractivity contribution is 0.101. The van der Waals surface area contributed by atoms with E-state index in [-0.39, 0.29) is 22.7 Å². The minimum Gasteiger partial charge on any atom is -0.507 e. The predicted molar refractivity (Wildman–Crippen MR) is 57.3 cm³/mol. The van der Waals surface area contributed by atoms with Crippen molar-refractivity contribution in [1.82, 2.24) is 0 Å². The van der Waals surface area contributed by atoms with Crippen molar-refractivity contribution >= 4 is 11.9 Å². The second kappa shape index (κ2) is 4.77. The Morgan fingerprint density at radius 3 is 2.44 bits per heavy atom. The van der Waals surface area contributed by atoms with E-state index in [0.29, 0.717) is 5.56 Å². The maximum absolute atomic E-state index is 11.0. The Labute approximate surface area is 92.7 Å². The van der Waals surface area contributed by atoms with Gasteiger partial charge < -0.3 is 5.11 Å². The SMILES string of the molecule is CC(=O)c1ccc(C=C(C#N)C#N)cc1O. The zero-order chi connectivity index (χ0) is 12.1. The highest BCUT2D eigenvalue weighted by atomic mass is 16.3. The number of nitriles is 2. The Bertz CT molecular complexity index is 529. The third-order valence-electron chi connectivity index (χ3n) is 1.95. The lowest BCUT2D eigenvalue weighted by atomic mass is 10.1. The molecule has 0 aliphatic rings. The molecule has 0 aliphatic heterocycles. The van der Waals surface area contributed by atoms with Crippen molar-refractivity contribution < 1.29 is 9.90 Å². The summed E-state index contributed by atoms with van der Waals surface area (Å²) >= 11 is 0. The fourth-order valence-corrected chi connectivity index (χ4v) is 1.19. The number of benzene rings is 1. The van der Waals surface area contributed by atoms with Gasteiger partial charge in [0, 0.05) is 0 Å². The van der Waals surface area contributed by atoms with E-state index in [4.69, 9.17) is 10.5 Å². The van der Waals surface area contributed by atoms with E-state index < -0.39 is 0 Å². The van der Waals surface area contributed by atoms with Gasteiger partial charge >= 0.3 is 0 Å². The number of allylic oxidation sites excluding steroid dienone is 1. The summed E-state index contributed by atoms with van der Waals surface area (Å²) in [6, 6.07) is 7.77. The Morgan fingerprint density at radius 1 is 1.38 bits per heavy atom. The largest absolute Gasteiger partial charge is 0.507 e. The van der Waals surface area contributed by atoms with Crippen molar-refractivity contribution in [3.05, 3.63) is 34.9 Å². The van der Waals surface area contributed by atoms with Gasteiger partial charge in [-0.1, -0.05) is 6.07 Å². The highest BCUT2D eigenvalue weighted by Gasteiger charge is 2.06. The van der Waals surface area contributed by atoms with Crippen LogP contribution in [0.1, 0.15) is 22.8 Å². The number of carbonyl (C=O) groups is 1. The molecule has 1 aromatic carbocycles. The van der Waals surface area contributed by atoms with Crippen LogP contribution in [0.25, 0.3) is 6.08 Å². The second-order valence-corrected chi connectivity index (χ2v) is 3.11. The summed E-state index contributed by atoms with van der Waals surface area (Å²) in [5.74, 6) is -0.398. The number of Topliss-reactive ketones (excluding diaryl/α,β-unsaturated/α-hetero) is 1.